The molecular weight excluding hydrogens is 549 g/mol. The van der Waals surface area contributed by atoms with Crippen molar-refractivity contribution in [3.8, 4) is 17.2 Å². The van der Waals surface area contributed by atoms with Crippen LogP contribution < -0.4 is 14.8 Å². The number of halogens is 2. The number of fused-ring (bicyclic) bond motifs is 6. The highest BCUT2D eigenvalue weighted by Crippen LogP contribution is 2.58. The lowest BCUT2D eigenvalue weighted by Crippen LogP contribution is -2.33. The SMILES string of the molecule is CC(=O)Oc1cc2c(cc1Cl)C1(OC(=O)c3cc(NC(C)=S)ccc31)c1cc(Cl)c(C)cc1O2.CC(C)=O. The second-order valence-corrected chi connectivity index (χ2v) is 10.4. The van der Waals surface area contributed by atoms with Crippen molar-refractivity contribution in [3.63, 3.8) is 0 Å². The molecule has 0 amide bonds. The minimum absolute atomic E-state index is 0.137. The number of carbonyl (C=O) groups excluding carboxylic acids is 3. The molecule has 3 aromatic carbocycles. The van der Waals surface area contributed by atoms with Crippen LogP contribution in [-0.2, 0) is 19.9 Å². The van der Waals surface area contributed by atoms with Crippen molar-refractivity contribution in [1.82, 2.24) is 0 Å². The van der Waals surface area contributed by atoms with Crippen LogP contribution in [0.2, 0.25) is 10.0 Å². The van der Waals surface area contributed by atoms with Crippen LogP contribution in [0.5, 0.6) is 17.2 Å². The van der Waals surface area contributed by atoms with Crippen molar-refractivity contribution in [2.24, 2.45) is 0 Å². The quantitative estimate of drug-likeness (QED) is 0.197. The van der Waals surface area contributed by atoms with Crippen molar-refractivity contribution in [1.29, 1.82) is 0 Å². The van der Waals surface area contributed by atoms with Crippen molar-refractivity contribution in [2.45, 2.75) is 40.2 Å². The molecule has 2 aliphatic rings. The Kier molecular flexibility index (Phi) is 7.52. The van der Waals surface area contributed by atoms with Gasteiger partial charge in [0.1, 0.15) is 17.3 Å². The molecule has 1 spiro atoms. The number of hydrogen-bond donors (Lipinski definition) is 1. The summed E-state index contributed by atoms with van der Waals surface area (Å²) >= 11 is 18.1. The van der Waals surface area contributed by atoms with Crippen LogP contribution in [0.1, 0.15) is 60.3 Å². The Morgan fingerprint density at radius 2 is 1.53 bits per heavy atom. The summed E-state index contributed by atoms with van der Waals surface area (Å²) in [5.74, 6) is 0.0616. The Labute approximate surface area is 235 Å². The van der Waals surface area contributed by atoms with E-state index in [1.165, 1.54) is 26.8 Å². The number of ketones is 1. The Bertz CT molecular complexity index is 1530. The van der Waals surface area contributed by atoms with Gasteiger partial charge in [0.15, 0.2) is 11.4 Å². The largest absolute Gasteiger partial charge is 0.456 e. The number of nitrogens with one attached hydrogen (secondary N) is 1. The third-order valence-corrected chi connectivity index (χ3v) is 6.52. The molecule has 3 aromatic rings. The van der Waals surface area contributed by atoms with E-state index >= 15 is 0 Å². The molecule has 2 aliphatic heterocycles. The highest BCUT2D eigenvalue weighted by molar-refractivity contribution is 7.80. The zero-order chi connectivity index (χ0) is 27.9. The number of aryl methyl sites for hydroxylation is 1. The lowest BCUT2D eigenvalue weighted by atomic mass is 9.77. The third-order valence-electron chi connectivity index (χ3n) is 5.71. The Morgan fingerprint density at radius 3 is 2.13 bits per heavy atom. The normalized spacial score (nSPS) is 16.1. The van der Waals surface area contributed by atoms with Gasteiger partial charge in [-0.15, -0.1) is 0 Å². The average molecular weight is 572 g/mol. The van der Waals surface area contributed by atoms with Crippen LogP contribution >= 0.6 is 35.4 Å². The maximum absolute atomic E-state index is 13.2. The number of anilines is 1. The molecule has 0 aromatic heterocycles. The van der Waals surface area contributed by atoms with Crippen molar-refractivity contribution < 1.29 is 28.6 Å². The minimum Gasteiger partial charge on any atom is -0.456 e. The van der Waals surface area contributed by atoms with Crippen LogP contribution in [0.4, 0.5) is 5.69 Å². The zero-order valence-electron chi connectivity index (χ0n) is 21.2. The van der Waals surface area contributed by atoms with E-state index in [2.05, 4.69) is 5.32 Å². The molecule has 1 N–H and O–H groups in total. The summed E-state index contributed by atoms with van der Waals surface area (Å²) in [6.07, 6.45) is 0. The number of Topliss-reactive ketones (excluding diaryl/α,β-unsaturated/α-hetero) is 1. The van der Waals surface area contributed by atoms with Gasteiger partial charge < -0.3 is 24.3 Å². The summed E-state index contributed by atoms with van der Waals surface area (Å²) < 4.78 is 17.5. The van der Waals surface area contributed by atoms with Gasteiger partial charge in [-0.25, -0.2) is 4.79 Å². The number of benzene rings is 3. The van der Waals surface area contributed by atoms with E-state index in [4.69, 9.17) is 49.6 Å². The van der Waals surface area contributed by atoms with E-state index in [1.54, 1.807) is 37.3 Å². The first-order chi connectivity index (χ1) is 17.8. The van der Waals surface area contributed by atoms with Gasteiger partial charge in [-0.05, 0) is 63.6 Å². The lowest BCUT2D eigenvalue weighted by Gasteiger charge is -2.37. The monoisotopic (exact) mass is 571 g/mol. The molecule has 0 aliphatic carbocycles. The van der Waals surface area contributed by atoms with Gasteiger partial charge in [-0.1, -0.05) is 41.5 Å². The van der Waals surface area contributed by atoms with Crippen molar-refractivity contribution in [2.75, 3.05) is 5.32 Å². The molecule has 2 heterocycles. The smallest absolute Gasteiger partial charge is 0.340 e. The van der Waals surface area contributed by atoms with Gasteiger partial charge in [0.2, 0.25) is 0 Å². The standard InChI is InChI=1S/C25H17Cl2NO5S.C3H6O/c1-11-6-21-17(8-19(11)26)25(18-9-20(27)23(31-13(3)29)10-22(18)32-21)16-5-4-14(28-12(2)34)7-15(16)24(30)33-25;1-3(2)4/h4-10H,1-3H3,(H,28,34);1-2H3. The molecular formula is C28H23Cl2NO6S. The van der Waals surface area contributed by atoms with Crippen LogP contribution in [-0.4, -0.2) is 22.7 Å². The first-order valence-electron chi connectivity index (χ1n) is 11.5. The highest BCUT2D eigenvalue weighted by atomic mass is 35.5. The van der Waals surface area contributed by atoms with Gasteiger partial charge in [0, 0.05) is 40.4 Å². The molecule has 0 saturated carbocycles. The average Bonchev–Trinajstić information content (AvgIpc) is 3.08. The summed E-state index contributed by atoms with van der Waals surface area (Å²) in [6.45, 7) is 7.93. The first kappa shape index (κ1) is 27.6. The van der Waals surface area contributed by atoms with Gasteiger partial charge in [-0.3, -0.25) is 4.79 Å². The number of hydrogen-bond acceptors (Lipinski definition) is 7. The van der Waals surface area contributed by atoms with E-state index < -0.39 is 17.5 Å². The molecule has 1 atom stereocenters. The summed E-state index contributed by atoms with van der Waals surface area (Å²) in [7, 11) is 0. The first-order valence-corrected chi connectivity index (χ1v) is 12.6. The lowest BCUT2D eigenvalue weighted by molar-refractivity contribution is -0.131. The fourth-order valence-corrected chi connectivity index (χ4v) is 4.84. The molecule has 0 fully saturated rings. The topological polar surface area (TPSA) is 90.9 Å². The predicted molar refractivity (Wildman–Crippen MR) is 149 cm³/mol. The fourth-order valence-electron chi connectivity index (χ4n) is 4.36. The molecule has 10 heteroatoms. The Hall–Kier alpha value is -3.46. The summed E-state index contributed by atoms with van der Waals surface area (Å²) in [6, 6.07) is 11.9. The number of esters is 2. The van der Waals surface area contributed by atoms with Crippen LogP contribution in [0.3, 0.4) is 0 Å². The van der Waals surface area contributed by atoms with Crippen molar-refractivity contribution in [3.05, 3.63) is 80.3 Å². The number of thiocarbonyl (C=S) groups is 1. The van der Waals surface area contributed by atoms with Gasteiger partial charge in [0.05, 0.1) is 15.6 Å². The summed E-state index contributed by atoms with van der Waals surface area (Å²) in [4.78, 5) is 34.8. The Balaban J connectivity index is 0.000000786. The van der Waals surface area contributed by atoms with Crippen LogP contribution in [0, 0.1) is 6.92 Å². The number of carbonyl (C=O) groups is 3. The maximum atomic E-state index is 13.2. The van der Waals surface area contributed by atoms with E-state index in [-0.39, 0.29) is 16.6 Å². The van der Waals surface area contributed by atoms with E-state index in [9.17, 15) is 14.4 Å². The molecule has 196 valence electrons. The van der Waals surface area contributed by atoms with Crippen LogP contribution in [0.15, 0.2) is 42.5 Å². The fraction of sp³-hybridized carbons (Fsp3) is 0.214. The molecule has 5 rings (SSSR count). The molecule has 0 radical (unpaired) electrons. The molecule has 38 heavy (non-hydrogen) atoms. The van der Waals surface area contributed by atoms with Crippen LogP contribution in [0.25, 0.3) is 0 Å². The van der Waals surface area contributed by atoms with Gasteiger partial charge in [0.25, 0.3) is 0 Å². The van der Waals surface area contributed by atoms with E-state index in [0.717, 1.165) is 5.56 Å². The number of ether oxygens (including phenoxy) is 3. The molecule has 7 nitrogen and oxygen atoms in total. The molecule has 0 bridgehead atoms. The number of rotatable bonds is 2. The van der Waals surface area contributed by atoms with E-state index in [1.807, 2.05) is 13.0 Å². The second kappa shape index (κ2) is 10.4. The predicted octanol–water partition coefficient (Wildman–Crippen LogP) is 7.15. The highest BCUT2D eigenvalue weighted by Gasteiger charge is 2.54. The summed E-state index contributed by atoms with van der Waals surface area (Å²) in [5.41, 5.74) is 2.11. The minimum atomic E-state index is -1.36. The van der Waals surface area contributed by atoms with Crippen molar-refractivity contribution >= 4 is 63.8 Å². The Morgan fingerprint density at radius 1 is 0.921 bits per heavy atom. The van der Waals surface area contributed by atoms with E-state index in [0.29, 0.717) is 49.5 Å². The second-order valence-electron chi connectivity index (χ2n) is 8.99. The third kappa shape index (κ3) is 4.99. The maximum Gasteiger partial charge on any atom is 0.340 e. The molecule has 0 saturated heterocycles. The van der Waals surface area contributed by atoms with Gasteiger partial charge in [-0.2, -0.15) is 0 Å². The molecule has 1 unspecified atom stereocenters. The zero-order valence-corrected chi connectivity index (χ0v) is 23.5. The van der Waals surface area contributed by atoms with Gasteiger partial charge >= 0.3 is 11.9 Å². The summed E-state index contributed by atoms with van der Waals surface area (Å²) in [5, 5.41) is 3.70.